The van der Waals surface area contributed by atoms with E-state index < -0.39 is 0 Å². The molecular weight excluding hydrogens is 184 g/mol. The normalized spacial score (nSPS) is 10.3. The van der Waals surface area contributed by atoms with Gasteiger partial charge in [0.2, 0.25) is 0 Å². The van der Waals surface area contributed by atoms with E-state index in [1.54, 1.807) is 7.11 Å². The zero-order chi connectivity index (χ0) is 9.68. The predicted octanol–water partition coefficient (Wildman–Crippen LogP) is 2.03. The van der Waals surface area contributed by atoms with Crippen LogP contribution in [0.25, 0.3) is 0 Å². The van der Waals surface area contributed by atoms with Crippen LogP contribution in [0.3, 0.4) is 0 Å². The molecule has 1 rings (SSSR count). The minimum absolute atomic E-state index is 0.656. The highest BCUT2D eigenvalue weighted by molar-refractivity contribution is 7.71. The van der Waals surface area contributed by atoms with Gasteiger partial charge in [-0.3, -0.25) is 0 Å². The van der Waals surface area contributed by atoms with E-state index in [1.165, 1.54) is 0 Å². The molecule has 0 aliphatic rings. The number of hydrogen-bond acceptors (Lipinski definition) is 3. The molecule has 0 aliphatic carbocycles. The molecule has 0 fully saturated rings. The van der Waals surface area contributed by atoms with Gasteiger partial charge in [0.05, 0.1) is 0 Å². The van der Waals surface area contributed by atoms with Crippen molar-refractivity contribution in [3.63, 3.8) is 0 Å². The summed E-state index contributed by atoms with van der Waals surface area (Å²) in [5.41, 5.74) is 1.06. The highest BCUT2D eigenvalue weighted by atomic mass is 32.1. The average Bonchev–Trinajstić information content (AvgIpc) is 2.03. The molecule has 72 valence electrons. The first-order chi connectivity index (χ1) is 6.22. The maximum atomic E-state index is 5.00. The molecule has 1 aromatic rings. The highest BCUT2D eigenvalue weighted by Crippen LogP contribution is 1.99. The van der Waals surface area contributed by atoms with Crippen molar-refractivity contribution in [3.05, 3.63) is 22.2 Å². The van der Waals surface area contributed by atoms with E-state index in [-0.39, 0.29) is 0 Å². The number of hydrogen-bond donors (Lipinski definition) is 1. The van der Waals surface area contributed by atoms with Crippen LogP contribution in [0.5, 0.6) is 0 Å². The fourth-order valence-corrected chi connectivity index (χ4v) is 1.43. The molecule has 13 heavy (non-hydrogen) atoms. The maximum absolute atomic E-state index is 5.00. The topological polar surface area (TPSA) is 37.9 Å². The SMILES string of the molecule is COCCCc1nc(=S)cc(C)[nH]1. The Bertz CT molecular complexity index is 322. The molecule has 0 radical (unpaired) electrons. The van der Waals surface area contributed by atoms with E-state index in [0.29, 0.717) is 4.64 Å². The van der Waals surface area contributed by atoms with Gasteiger partial charge >= 0.3 is 0 Å². The van der Waals surface area contributed by atoms with E-state index in [1.807, 2.05) is 13.0 Å². The molecular formula is C9H14N2OS. The minimum Gasteiger partial charge on any atom is -0.385 e. The Kier molecular flexibility index (Phi) is 4.05. The minimum atomic E-state index is 0.656. The molecule has 1 aromatic heterocycles. The van der Waals surface area contributed by atoms with Crippen molar-refractivity contribution in [1.82, 2.24) is 9.97 Å². The monoisotopic (exact) mass is 198 g/mol. The van der Waals surface area contributed by atoms with Crippen molar-refractivity contribution in [2.75, 3.05) is 13.7 Å². The van der Waals surface area contributed by atoms with Gasteiger partial charge < -0.3 is 9.72 Å². The third-order valence-electron chi connectivity index (χ3n) is 1.69. The van der Waals surface area contributed by atoms with Gasteiger partial charge in [-0.15, -0.1) is 0 Å². The highest BCUT2D eigenvalue weighted by Gasteiger charge is 1.95. The summed E-state index contributed by atoms with van der Waals surface area (Å²) in [7, 11) is 1.70. The van der Waals surface area contributed by atoms with Gasteiger partial charge in [-0.05, 0) is 19.4 Å². The summed E-state index contributed by atoms with van der Waals surface area (Å²) < 4.78 is 5.61. The van der Waals surface area contributed by atoms with Crippen molar-refractivity contribution in [2.45, 2.75) is 19.8 Å². The Morgan fingerprint density at radius 2 is 2.38 bits per heavy atom. The van der Waals surface area contributed by atoms with Gasteiger partial charge in [0, 0.05) is 25.8 Å². The maximum Gasteiger partial charge on any atom is 0.129 e. The van der Waals surface area contributed by atoms with Gasteiger partial charge in [0.25, 0.3) is 0 Å². The van der Waals surface area contributed by atoms with Gasteiger partial charge in [-0.1, -0.05) is 12.2 Å². The Balaban J connectivity index is 2.61. The van der Waals surface area contributed by atoms with Crippen molar-refractivity contribution in [3.8, 4) is 0 Å². The standard InChI is InChI=1S/C9H14N2OS/c1-7-6-9(13)11-8(10-7)4-3-5-12-2/h6H,3-5H2,1-2H3,(H,10,11,13). The lowest BCUT2D eigenvalue weighted by molar-refractivity contribution is 0.194. The predicted molar refractivity (Wildman–Crippen MR) is 54.4 cm³/mol. The Morgan fingerprint density at radius 3 is 3.00 bits per heavy atom. The van der Waals surface area contributed by atoms with Crippen molar-refractivity contribution in [1.29, 1.82) is 0 Å². The largest absolute Gasteiger partial charge is 0.385 e. The number of ether oxygens (including phenoxy) is 1. The number of nitrogens with one attached hydrogen (secondary N) is 1. The number of H-pyrrole nitrogens is 1. The van der Waals surface area contributed by atoms with Gasteiger partial charge in [0.1, 0.15) is 10.5 Å². The van der Waals surface area contributed by atoms with Crippen LogP contribution in [0.2, 0.25) is 0 Å². The number of aromatic amines is 1. The van der Waals surface area contributed by atoms with Crippen molar-refractivity contribution in [2.24, 2.45) is 0 Å². The summed E-state index contributed by atoms with van der Waals surface area (Å²) in [6.07, 6.45) is 1.86. The molecule has 4 heteroatoms. The second kappa shape index (κ2) is 5.09. The molecule has 3 nitrogen and oxygen atoms in total. The number of aryl methyl sites for hydroxylation is 2. The molecule has 0 amide bonds. The van der Waals surface area contributed by atoms with Gasteiger partial charge in [-0.25, -0.2) is 4.98 Å². The van der Waals surface area contributed by atoms with Crippen LogP contribution in [0.15, 0.2) is 6.07 Å². The summed E-state index contributed by atoms with van der Waals surface area (Å²) >= 11 is 5.00. The van der Waals surface area contributed by atoms with Crippen LogP contribution < -0.4 is 0 Å². The molecule has 0 spiro atoms. The molecule has 0 aliphatic heterocycles. The van der Waals surface area contributed by atoms with E-state index in [2.05, 4.69) is 9.97 Å². The zero-order valence-electron chi connectivity index (χ0n) is 7.96. The third-order valence-corrected chi connectivity index (χ3v) is 1.90. The summed E-state index contributed by atoms with van der Waals surface area (Å²) in [6, 6.07) is 1.86. The number of methoxy groups -OCH3 is 1. The first-order valence-corrected chi connectivity index (χ1v) is 4.69. The number of nitrogens with zero attached hydrogens (tertiary/aromatic N) is 1. The Labute approximate surface area is 83.2 Å². The first-order valence-electron chi connectivity index (χ1n) is 4.28. The summed E-state index contributed by atoms with van der Waals surface area (Å²) in [4.78, 5) is 7.38. The summed E-state index contributed by atoms with van der Waals surface area (Å²) in [6.45, 7) is 2.74. The molecule has 1 N–H and O–H groups in total. The molecule has 0 atom stereocenters. The van der Waals surface area contributed by atoms with E-state index in [0.717, 1.165) is 31.0 Å². The lowest BCUT2D eigenvalue weighted by Gasteiger charge is -2.01. The summed E-state index contributed by atoms with van der Waals surface area (Å²) in [5, 5.41) is 0. The summed E-state index contributed by atoms with van der Waals surface area (Å²) in [5.74, 6) is 0.946. The molecule has 0 saturated carbocycles. The second-order valence-corrected chi connectivity index (χ2v) is 3.36. The third kappa shape index (κ3) is 3.65. The fourth-order valence-electron chi connectivity index (χ4n) is 1.14. The lowest BCUT2D eigenvalue weighted by atomic mass is 10.3. The Morgan fingerprint density at radius 1 is 1.62 bits per heavy atom. The Hall–Kier alpha value is -0.740. The number of aromatic nitrogens is 2. The zero-order valence-corrected chi connectivity index (χ0v) is 8.78. The van der Waals surface area contributed by atoms with Gasteiger partial charge in [0.15, 0.2) is 0 Å². The van der Waals surface area contributed by atoms with E-state index in [9.17, 15) is 0 Å². The molecule has 0 unspecified atom stereocenters. The van der Waals surface area contributed by atoms with Crippen LogP contribution in [-0.2, 0) is 11.2 Å². The molecule has 1 heterocycles. The number of rotatable bonds is 4. The second-order valence-electron chi connectivity index (χ2n) is 2.95. The van der Waals surface area contributed by atoms with Crippen LogP contribution in [0.1, 0.15) is 17.9 Å². The molecule has 0 saturated heterocycles. The quantitative estimate of drug-likeness (QED) is 0.594. The average molecular weight is 198 g/mol. The van der Waals surface area contributed by atoms with Crippen LogP contribution in [0, 0.1) is 11.6 Å². The van der Waals surface area contributed by atoms with Gasteiger partial charge in [-0.2, -0.15) is 0 Å². The van der Waals surface area contributed by atoms with E-state index >= 15 is 0 Å². The fraction of sp³-hybridized carbons (Fsp3) is 0.556. The van der Waals surface area contributed by atoms with Crippen LogP contribution >= 0.6 is 12.2 Å². The molecule has 0 aromatic carbocycles. The lowest BCUT2D eigenvalue weighted by Crippen LogP contribution is -1.99. The smallest absolute Gasteiger partial charge is 0.129 e. The van der Waals surface area contributed by atoms with Crippen LogP contribution in [0.4, 0.5) is 0 Å². The van der Waals surface area contributed by atoms with E-state index in [4.69, 9.17) is 17.0 Å². The molecule has 0 bridgehead atoms. The van der Waals surface area contributed by atoms with Crippen molar-refractivity contribution < 1.29 is 4.74 Å². The first kappa shape index (κ1) is 10.3. The van der Waals surface area contributed by atoms with Crippen LogP contribution in [-0.4, -0.2) is 23.7 Å². The van der Waals surface area contributed by atoms with Crippen molar-refractivity contribution >= 4 is 12.2 Å².